The van der Waals surface area contributed by atoms with Crippen LogP contribution in [0.1, 0.15) is 98.6 Å². The second kappa shape index (κ2) is 23.7. The Kier molecular flexibility index (Phi) is 16.3. The van der Waals surface area contributed by atoms with Crippen LogP contribution in [0.25, 0.3) is 44.5 Å². The molecule has 0 saturated carbocycles. The van der Waals surface area contributed by atoms with Crippen LogP contribution in [-0.4, -0.2) is 0 Å². The molecule has 0 heterocycles. The number of rotatable bonds is 20. The Morgan fingerprint density at radius 3 is 0.931 bits per heavy atom. The van der Waals surface area contributed by atoms with E-state index < -0.39 is 0 Å². The number of unbranched alkanes of at least 4 members (excludes halogenated alkanes) is 6. The van der Waals surface area contributed by atoms with Crippen LogP contribution in [0.5, 0.6) is 0 Å². The van der Waals surface area contributed by atoms with Crippen molar-refractivity contribution in [2.45, 2.75) is 106 Å². The fraction of sp³-hybridized carbons (Fsp3) is 0.229. The Balaban J connectivity index is 1.09. The fourth-order valence-electron chi connectivity index (χ4n) is 10.4. The van der Waals surface area contributed by atoms with Crippen LogP contribution in [-0.2, 0) is 12.8 Å². The highest BCUT2D eigenvalue weighted by atomic mass is 15.1. The van der Waals surface area contributed by atoms with Crippen molar-refractivity contribution in [1.82, 2.24) is 0 Å². The van der Waals surface area contributed by atoms with E-state index in [0.717, 1.165) is 47.0 Å². The third-order valence-corrected chi connectivity index (χ3v) is 14.5. The maximum atomic E-state index is 2.57. The minimum absolute atomic E-state index is 1.06. The lowest BCUT2D eigenvalue weighted by atomic mass is 9.86. The molecule has 0 atom stereocenters. The molecule has 362 valence electrons. The molecule has 2 heteroatoms. The Morgan fingerprint density at radius 1 is 0.278 bits per heavy atom. The highest BCUT2D eigenvalue weighted by Gasteiger charge is 2.19. The molecule has 2 nitrogen and oxygen atoms in total. The van der Waals surface area contributed by atoms with Crippen molar-refractivity contribution in [1.29, 1.82) is 0 Å². The van der Waals surface area contributed by atoms with Gasteiger partial charge in [0, 0.05) is 34.1 Å². The summed E-state index contributed by atoms with van der Waals surface area (Å²) in [5, 5.41) is 0. The van der Waals surface area contributed by atoms with Gasteiger partial charge in [-0.15, -0.1) is 0 Å². The minimum Gasteiger partial charge on any atom is -0.310 e. The fourth-order valence-corrected chi connectivity index (χ4v) is 10.4. The van der Waals surface area contributed by atoms with Crippen LogP contribution in [0.2, 0.25) is 0 Å². The van der Waals surface area contributed by atoms with Gasteiger partial charge in [-0.1, -0.05) is 197 Å². The second-order valence-corrected chi connectivity index (χ2v) is 20.0. The number of nitrogens with zero attached hydrogens (tertiary/aromatic N) is 2. The molecule has 0 aliphatic rings. The van der Waals surface area contributed by atoms with E-state index in [-0.39, 0.29) is 0 Å². The summed E-state index contributed by atoms with van der Waals surface area (Å²) in [4.78, 5) is 4.81. The molecular formula is C70H72N2. The van der Waals surface area contributed by atoms with E-state index in [4.69, 9.17) is 0 Å². The van der Waals surface area contributed by atoms with Gasteiger partial charge >= 0.3 is 0 Å². The summed E-state index contributed by atoms with van der Waals surface area (Å²) >= 11 is 0. The Labute approximate surface area is 431 Å². The molecule has 0 radical (unpaired) electrons. The molecule has 0 spiro atoms. The van der Waals surface area contributed by atoms with Crippen LogP contribution in [0.4, 0.5) is 34.1 Å². The molecule has 0 amide bonds. The van der Waals surface area contributed by atoms with Gasteiger partial charge in [-0.25, -0.2) is 0 Å². The molecule has 0 saturated heterocycles. The zero-order chi connectivity index (χ0) is 49.8. The summed E-state index contributed by atoms with van der Waals surface area (Å²) < 4.78 is 0. The Morgan fingerprint density at radius 2 is 0.597 bits per heavy atom. The standard InChI is InChI=1S/C70H72N2/c1-7-9-11-15-25-59-49-70(58-33-41-64(42-34-58)72(62-37-29-52(4)30-38-62)66-44-46-68(54(6)48-66)56-23-19-14-20-24-56)60(26-16-12-10-8-2)50-69(59)57-31-39-63(40-32-57)71(61-35-27-51(3)28-36-61)65-43-45-67(53(5)47-65)55-21-17-13-18-22-55/h13-14,17-24,27-50H,7-12,15-16,25-26H2,1-6H3. The van der Waals surface area contributed by atoms with Gasteiger partial charge in [0.25, 0.3) is 0 Å². The minimum atomic E-state index is 1.06. The smallest absolute Gasteiger partial charge is 0.0464 e. The van der Waals surface area contributed by atoms with Crippen molar-refractivity contribution in [3.8, 4) is 44.5 Å². The first kappa shape index (κ1) is 49.6. The van der Waals surface area contributed by atoms with Crippen molar-refractivity contribution in [2.75, 3.05) is 9.80 Å². The van der Waals surface area contributed by atoms with Gasteiger partial charge in [0.15, 0.2) is 0 Å². The largest absolute Gasteiger partial charge is 0.310 e. The lowest BCUT2D eigenvalue weighted by Gasteiger charge is -2.27. The number of aryl methyl sites for hydroxylation is 6. The first-order valence-electron chi connectivity index (χ1n) is 26.7. The number of anilines is 6. The maximum Gasteiger partial charge on any atom is 0.0464 e. The predicted octanol–water partition coefficient (Wildman–Crippen LogP) is 20.8. The maximum absolute atomic E-state index is 2.57. The van der Waals surface area contributed by atoms with E-state index in [1.54, 1.807) is 0 Å². The van der Waals surface area contributed by atoms with Crippen molar-refractivity contribution in [3.05, 3.63) is 240 Å². The van der Waals surface area contributed by atoms with Crippen LogP contribution in [0.15, 0.2) is 206 Å². The van der Waals surface area contributed by atoms with Gasteiger partial charge in [0.05, 0.1) is 0 Å². The van der Waals surface area contributed by atoms with Gasteiger partial charge in [-0.3, -0.25) is 0 Å². The van der Waals surface area contributed by atoms with E-state index in [9.17, 15) is 0 Å². The number of hydrogen-bond donors (Lipinski definition) is 0. The molecule has 0 aliphatic carbocycles. The molecular weight excluding hydrogens is 869 g/mol. The lowest BCUT2D eigenvalue weighted by molar-refractivity contribution is 0.664. The average molecular weight is 941 g/mol. The van der Waals surface area contributed by atoms with E-state index >= 15 is 0 Å². The Hall–Kier alpha value is -7.42. The predicted molar refractivity (Wildman–Crippen MR) is 312 cm³/mol. The lowest BCUT2D eigenvalue weighted by Crippen LogP contribution is -2.10. The normalized spacial score (nSPS) is 11.2. The number of benzene rings is 9. The summed E-state index contributed by atoms with van der Waals surface area (Å²) in [6, 6.07) is 77.1. The molecule has 0 unspecified atom stereocenters. The number of hydrogen-bond acceptors (Lipinski definition) is 2. The van der Waals surface area contributed by atoms with E-state index in [1.807, 2.05) is 0 Å². The van der Waals surface area contributed by atoms with E-state index in [2.05, 4.69) is 258 Å². The van der Waals surface area contributed by atoms with Gasteiger partial charge in [0.1, 0.15) is 0 Å². The van der Waals surface area contributed by atoms with Crippen LogP contribution >= 0.6 is 0 Å². The molecule has 0 N–H and O–H groups in total. The van der Waals surface area contributed by atoms with Gasteiger partial charge in [-0.2, -0.15) is 0 Å². The van der Waals surface area contributed by atoms with Crippen molar-refractivity contribution >= 4 is 34.1 Å². The van der Waals surface area contributed by atoms with Crippen LogP contribution in [0, 0.1) is 27.7 Å². The SMILES string of the molecule is CCCCCCc1cc(-c2ccc(N(c3ccc(C)cc3)c3ccc(-c4ccccc4)c(C)c3)cc2)c(CCCCCC)cc1-c1ccc(N(c2ccc(C)cc2)c2ccc(-c3ccccc3)c(C)c2)cc1. The molecule has 9 rings (SSSR count). The molecule has 72 heavy (non-hydrogen) atoms. The first-order valence-corrected chi connectivity index (χ1v) is 26.7. The summed E-state index contributed by atoms with van der Waals surface area (Å²) in [5.41, 5.74) is 25.1. The quantitative estimate of drug-likeness (QED) is 0.0703. The topological polar surface area (TPSA) is 6.48 Å². The van der Waals surface area contributed by atoms with Crippen LogP contribution in [0.3, 0.4) is 0 Å². The summed E-state index contributed by atoms with van der Waals surface area (Å²) in [7, 11) is 0. The van der Waals surface area contributed by atoms with Crippen LogP contribution < -0.4 is 9.80 Å². The highest BCUT2D eigenvalue weighted by molar-refractivity contribution is 5.85. The van der Waals surface area contributed by atoms with Gasteiger partial charge in [-0.05, 0) is 193 Å². The van der Waals surface area contributed by atoms with E-state index in [0.29, 0.717) is 0 Å². The summed E-state index contributed by atoms with van der Waals surface area (Å²) in [5.74, 6) is 0. The molecule has 0 fully saturated rings. The summed E-state index contributed by atoms with van der Waals surface area (Å²) in [6.45, 7) is 13.4. The van der Waals surface area contributed by atoms with Gasteiger partial charge in [0.2, 0.25) is 0 Å². The molecule has 0 aliphatic heterocycles. The second-order valence-electron chi connectivity index (χ2n) is 20.0. The monoisotopic (exact) mass is 941 g/mol. The van der Waals surface area contributed by atoms with Gasteiger partial charge < -0.3 is 9.80 Å². The highest BCUT2D eigenvalue weighted by Crippen LogP contribution is 2.42. The zero-order valence-electron chi connectivity index (χ0n) is 43.6. The van der Waals surface area contributed by atoms with Crippen molar-refractivity contribution in [2.24, 2.45) is 0 Å². The molecule has 0 aromatic heterocycles. The van der Waals surface area contributed by atoms with Crippen molar-refractivity contribution in [3.63, 3.8) is 0 Å². The average Bonchev–Trinajstić information content (AvgIpc) is 3.41. The third-order valence-electron chi connectivity index (χ3n) is 14.5. The van der Waals surface area contributed by atoms with Crippen molar-refractivity contribution < 1.29 is 0 Å². The summed E-state index contributed by atoms with van der Waals surface area (Å²) in [6.07, 6.45) is 11.9. The molecule has 9 aromatic carbocycles. The molecule has 9 aromatic rings. The third kappa shape index (κ3) is 11.7. The Bertz CT molecular complexity index is 2930. The zero-order valence-corrected chi connectivity index (χ0v) is 43.6. The first-order chi connectivity index (χ1) is 35.3. The molecule has 0 bridgehead atoms. The van der Waals surface area contributed by atoms with E-state index in [1.165, 1.54) is 129 Å².